The highest BCUT2D eigenvalue weighted by atomic mass is 16.5. The molecule has 0 aliphatic rings. The fourth-order valence-electron chi connectivity index (χ4n) is 2.53. The monoisotopic (exact) mass is 334 g/mol. The van der Waals surface area contributed by atoms with Crippen molar-refractivity contribution >= 4 is 16.9 Å². The number of nitrogens with one attached hydrogen (secondary N) is 1. The maximum Gasteiger partial charge on any atom is 0.407 e. The standard InChI is InChI=1S/C18H26N2O4/c1-18(2,3)19-17(23)24-12-8-4-7-11-20-15(21)13-9-5-6-10-14(13)16(20)22/h5-6,9-10,21-22H,4,7-8,11-12H2,1-3H3,(H,19,23). The zero-order chi connectivity index (χ0) is 17.7. The molecule has 0 bridgehead atoms. The van der Waals surface area contributed by atoms with Crippen molar-refractivity contribution in [3.05, 3.63) is 24.3 Å². The molecule has 6 nitrogen and oxygen atoms in total. The van der Waals surface area contributed by atoms with Gasteiger partial charge in [-0.15, -0.1) is 0 Å². The smallest absolute Gasteiger partial charge is 0.407 e. The van der Waals surface area contributed by atoms with Crippen LogP contribution in [0.4, 0.5) is 4.79 Å². The van der Waals surface area contributed by atoms with Crippen molar-refractivity contribution < 1.29 is 19.7 Å². The molecule has 0 unspecified atom stereocenters. The molecule has 0 fully saturated rings. The van der Waals surface area contributed by atoms with E-state index in [0.717, 1.165) is 19.3 Å². The van der Waals surface area contributed by atoms with Gasteiger partial charge in [0.2, 0.25) is 11.8 Å². The number of unbranched alkanes of at least 4 members (excludes halogenated alkanes) is 2. The average molecular weight is 334 g/mol. The summed E-state index contributed by atoms with van der Waals surface area (Å²) in [6, 6.07) is 7.21. The SMILES string of the molecule is CC(C)(C)NC(=O)OCCCCCn1c(O)c2ccccc2c1O. The number of fused-ring (bicyclic) bond motifs is 1. The molecule has 0 atom stereocenters. The van der Waals surface area contributed by atoms with E-state index in [1.165, 1.54) is 4.57 Å². The van der Waals surface area contributed by atoms with Crippen LogP contribution in [0, 0.1) is 0 Å². The Morgan fingerprint density at radius 2 is 1.67 bits per heavy atom. The number of amides is 1. The normalized spacial score (nSPS) is 11.6. The van der Waals surface area contributed by atoms with Crippen molar-refractivity contribution in [1.82, 2.24) is 9.88 Å². The molecular formula is C18H26N2O4. The van der Waals surface area contributed by atoms with Gasteiger partial charge < -0.3 is 20.3 Å². The van der Waals surface area contributed by atoms with Crippen molar-refractivity contribution in [3.63, 3.8) is 0 Å². The maximum atomic E-state index is 11.5. The summed E-state index contributed by atoms with van der Waals surface area (Å²) in [6.07, 6.45) is 1.93. The van der Waals surface area contributed by atoms with E-state index in [2.05, 4.69) is 5.32 Å². The van der Waals surface area contributed by atoms with Crippen LogP contribution in [0.3, 0.4) is 0 Å². The molecule has 0 spiro atoms. The van der Waals surface area contributed by atoms with Crippen LogP contribution in [0.2, 0.25) is 0 Å². The van der Waals surface area contributed by atoms with Gasteiger partial charge in [0.05, 0.1) is 6.61 Å². The van der Waals surface area contributed by atoms with E-state index >= 15 is 0 Å². The Kier molecular flexibility index (Phi) is 5.59. The lowest BCUT2D eigenvalue weighted by Crippen LogP contribution is -2.41. The highest BCUT2D eigenvalue weighted by Gasteiger charge is 2.15. The lowest BCUT2D eigenvalue weighted by atomic mass is 10.1. The van der Waals surface area contributed by atoms with Gasteiger partial charge in [0, 0.05) is 22.9 Å². The summed E-state index contributed by atoms with van der Waals surface area (Å²) in [5.41, 5.74) is -0.303. The summed E-state index contributed by atoms with van der Waals surface area (Å²) in [5, 5.41) is 24.4. The molecule has 1 aromatic carbocycles. The van der Waals surface area contributed by atoms with E-state index in [-0.39, 0.29) is 17.3 Å². The van der Waals surface area contributed by atoms with Gasteiger partial charge in [0.25, 0.3) is 0 Å². The minimum Gasteiger partial charge on any atom is -0.494 e. The minimum atomic E-state index is -0.408. The lowest BCUT2D eigenvalue weighted by molar-refractivity contribution is 0.135. The number of hydrogen-bond donors (Lipinski definition) is 3. The molecule has 132 valence electrons. The number of carbonyl (C=O) groups excluding carboxylic acids is 1. The van der Waals surface area contributed by atoms with Crippen LogP contribution in [0.5, 0.6) is 11.8 Å². The fourth-order valence-corrected chi connectivity index (χ4v) is 2.53. The number of hydrogen-bond acceptors (Lipinski definition) is 4. The summed E-state index contributed by atoms with van der Waals surface area (Å²) < 4.78 is 6.62. The fraction of sp³-hybridized carbons (Fsp3) is 0.500. The number of alkyl carbamates (subject to hydrolysis) is 1. The molecule has 1 aromatic heterocycles. The first-order valence-corrected chi connectivity index (χ1v) is 8.23. The molecule has 3 N–H and O–H groups in total. The molecule has 0 saturated heterocycles. The second-order valence-electron chi connectivity index (χ2n) is 6.92. The molecular weight excluding hydrogens is 308 g/mol. The highest BCUT2D eigenvalue weighted by Crippen LogP contribution is 2.36. The van der Waals surface area contributed by atoms with Crippen LogP contribution >= 0.6 is 0 Å². The first kappa shape index (κ1) is 18.0. The van der Waals surface area contributed by atoms with Gasteiger partial charge in [0.15, 0.2) is 0 Å². The minimum absolute atomic E-state index is 0.0869. The van der Waals surface area contributed by atoms with Gasteiger partial charge in [-0.3, -0.25) is 4.57 Å². The van der Waals surface area contributed by atoms with Crippen molar-refractivity contribution in [2.24, 2.45) is 0 Å². The zero-order valence-corrected chi connectivity index (χ0v) is 14.5. The second-order valence-corrected chi connectivity index (χ2v) is 6.92. The Balaban J connectivity index is 1.75. The summed E-state index contributed by atoms with van der Waals surface area (Å²) in [6.45, 7) is 6.56. The van der Waals surface area contributed by atoms with E-state index in [1.807, 2.05) is 32.9 Å². The van der Waals surface area contributed by atoms with E-state index in [4.69, 9.17) is 4.74 Å². The van der Waals surface area contributed by atoms with Crippen molar-refractivity contribution in [3.8, 4) is 11.8 Å². The molecule has 1 heterocycles. The Labute approximate surface area is 142 Å². The zero-order valence-electron chi connectivity index (χ0n) is 14.5. The van der Waals surface area contributed by atoms with E-state index in [1.54, 1.807) is 12.1 Å². The molecule has 2 aromatic rings. The number of nitrogens with zero attached hydrogens (tertiary/aromatic N) is 1. The number of ether oxygens (including phenoxy) is 1. The maximum absolute atomic E-state index is 11.5. The third-order valence-electron chi connectivity index (χ3n) is 3.66. The second kappa shape index (κ2) is 7.47. The third-order valence-corrected chi connectivity index (χ3v) is 3.66. The Morgan fingerprint density at radius 3 is 2.21 bits per heavy atom. The first-order chi connectivity index (χ1) is 11.3. The van der Waals surface area contributed by atoms with E-state index in [9.17, 15) is 15.0 Å². The Morgan fingerprint density at radius 1 is 1.08 bits per heavy atom. The van der Waals surface area contributed by atoms with Crippen LogP contribution in [0.15, 0.2) is 24.3 Å². The number of aromatic nitrogens is 1. The van der Waals surface area contributed by atoms with E-state index < -0.39 is 6.09 Å². The quantitative estimate of drug-likeness (QED) is 0.703. The van der Waals surface area contributed by atoms with Gasteiger partial charge in [0.1, 0.15) is 0 Å². The van der Waals surface area contributed by atoms with Gasteiger partial charge in [-0.1, -0.05) is 12.1 Å². The van der Waals surface area contributed by atoms with Crippen molar-refractivity contribution in [2.75, 3.05) is 6.61 Å². The number of rotatable bonds is 6. The molecule has 2 rings (SSSR count). The Bertz CT molecular complexity index is 662. The molecule has 24 heavy (non-hydrogen) atoms. The van der Waals surface area contributed by atoms with Crippen molar-refractivity contribution in [1.29, 1.82) is 0 Å². The number of carbonyl (C=O) groups is 1. The summed E-state index contributed by atoms with van der Waals surface area (Å²) in [4.78, 5) is 11.5. The molecule has 0 saturated carbocycles. The van der Waals surface area contributed by atoms with Crippen molar-refractivity contribution in [2.45, 2.75) is 52.1 Å². The van der Waals surface area contributed by atoms with Crippen LogP contribution in [-0.2, 0) is 11.3 Å². The highest BCUT2D eigenvalue weighted by molar-refractivity contribution is 5.92. The predicted octanol–water partition coefficient (Wildman–Crippen LogP) is 3.75. The Hall–Kier alpha value is -2.37. The first-order valence-electron chi connectivity index (χ1n) is 8.23. The number of benzene rings is 1. The van der Waals surface area contributed by atoms with Crippen LogP contribution in [0.1, 0.15) is 40.0 Å². The lowest BCUT2D eigenvalue weighted by Gasteiger charge is -2.19. The summed E-state index contributed by atoms with van der Waals surface area (Å²) in [5.74, 6) is 0.174. The molecule has 0 radical (unpaired) electrons. The topological polar surface area (TPSA) is 83.7 Å². The van der Waals surface area contributed by atoms with Gasteiger partial charge in [-0.05, 0) is 52.2 Å². The average Bonchev–Trinajstić information content (AvgIpc) is 2.74. The van der Waals surface area contributed by atoms with E-state index in [0.29, 0.717) is 23.9 Å². The molecule has 1 amide bonds. The largest absolute Gasteiger partial charge is 0.494 e. The molecule has 0 aliphatic carbocycles. The van der Waals surface area contributed by atoms with Crippen LogP contribution < -0.4 is 5.32 Å². The molecule has 6 heteroatoms. The van der Waals surface area contributed by atoms with Gasteiger partial charge in [-0.2, -0.15) is 0 Å². The van der Waals surface area contributed by atoms with Crippen LogP contribution in [-0.4, -0.2) is 33.0 Å². The number of aromatic hydroxyl groups is 2. The third kappa shape index (κ3) is 4.57. The van der Waals surface area contributed by atoms with Gasteiger partial charge in [-0.25, -0.2) is 4.79 Å². The van der Waals surface area contributed by atoms with Crippen LogP contribution in [0.25, 0.3) is 10.8 Å². The summed E-state index contributed by atoms with van der Waals surface area (Å²) in [7, 11) is 0. The molecule has 0 aliphatic heterocycles. The van der Waals surface area contributed by atoms with Gasteiger partial charge >= 0.3 is 6.09 Å². The predicted molar refractivity (Wildman–Crippen MR) is 93.4 cm³/mol. The summed E-state index contributed by atoms with van der Waals surface area (Å²) >= 11 is 0.